The van der Waals surface area contributed by atoms with Crippen LogP contribution in [0.2, 0.25) is 0 Å². The summed E-state index contributed by atoms with van der Waals surface area (Å²) in [6, 6.07) is 9.12. The fraction of sp³-hybridized carbons (Fsp3) is 0.455. The Kier molecular flexibility index (Phi) is 4.23. The lowest BCUT2D eigenvalue weighted by molar-refractivity contribution is 0.173. The molecule has 0 radical (unpaired) electrons. The number of rotatable bonds is 4. The summed E-state index contributed by atoms with van der Waals surface area (Å²) < 4.78 is 28.1. The fourth-order valence-corrected chi connectivity index (χ4v) is 4.91. The molecule has 0 spiro atoms. The topological polar surface area (TPSA) is 49.4 Å². The molecule has 2 aromatic rings. The van der Waals surface area contributed by atoms with Gasteiger partial charge < -0.3 is 23.7 Å². The third-order valence-corrected chi connectivity index (χ3v) is 6.14. The largest absolute Gasteiger partial charge is 0.493 e. The number of nitrogens with zero attached hydrogens (tertiary/aromatic N) is 1. The van der Waals surface area contributed by atoms with E-state index < -0.39 is 0 Å². The molecular formula is C22H25NO5. The summed E-state index contributed by atoms with van der Waals surface area (Å²) in [7, 11) is 4.95. The zero-order valence-electron chi connectivity index (χ0n) is 16.5. The highest BCUT2D eigenvalue weighted by Crippen LogP contribution is 2.49. The Hall–Kier alpha value is -2.60. The summed E-state index contributed by atoms with van der Waals surface area (Å²) in [5.74, 6) is 3.66. The number of benzene rings is 2. The Morgan fingerprint density at radius 3 is 2.32 bits per heavy atom. The van der Waals surface area contributed by atoms with Crippen LogP contribution >= 0.6 is 0 Å². The lowest BCUT2D eigenvalue weighted by Gasteiger charge is -2.40. The highest BCUT2D eigenvalue weighted by molar-refractivity contribution is 5.58. The van der Waals surface area contributed by atoms with Crippen molar-refractivity contribution >= 4 is 0 Å². The van der Waals surface area contributed by atoms with Crippen molar-refractivity contribution in [2.45, 2.75) is 31.3 Å². The SMILES string of the molecule is COc1cc([C@H]2c3cc4c(cc3C[C@@H]3CCCN32)OCO4)cc(OC)c1OC. The van der Waals surface area contributed by atoms with E-state index in [1.807, 2.05) is 0 Å². The minimum atomic E-state index is 0.124. The molecule has 0 bridgehead atoms. The lowest BCUT2D eigenvalue weighted by atomic mass is 9.84. The van der Waals surface area contributed by atoms with E-state index in [4.69, 9.17) is 23.7 Å². The van der Waals surface area contributed by atoms with Crippen molar-refractivity contribution in [3.05, 3.63) is 41.0 Å². The zero-order valence-corrected chi connectivity index (χ0v) is 16.5. The van der Waals surface area contributed by atoms with Gasteiger partial charge in [-0.3, -0.25) is 4.90 Å². The summed E-state index contributed by atoms with van der Waals surface area (Å²) in [5, 5.41) is 0. The van der Waals surface area contributed by atoms with Crippen LogP contribution in [-0.2, 0) is 6.42 Å². The third kappa shape index (κ3) is 2.58. The molecule has 0 saturated carbocycles. The van der Waals surface area contributed by atoms with Gasteiger partial charge in [0.05, 0.1) is 27.4 Å². The lowest BCUT2D eigenvalue weighted by Crippen LogP contribution is -2.40. The van der Waals surface area contributed by atoms with Gasteiger partial charge in [0.25, 0.3) is 0 Å². The van der Waals surface area contributed by atoms with Crippen molar-refractivity contribution in [3.63, 3.8) is 0 Å². The van der Waals surface area contributed by atoms with E-state index in [2.05, 4.69) is 29.2 Å². The minimum absolute atomic E-state index is 0.124. The Morgan fingerprint density at radius 2 is 1.64 bits per heavy atom. The first-order valence-corrected chi connectivity index (χ1v) is 9.71. The van der Waals surface area contributed by atoms with Gasteiger partial charge in [-0.1, -0.05) is 0 Å². The molecule has 1 saturated heterocycles. The van der Waals surface area contributed by atoms with Gasteiger partial charge in [0.2, 0.25) is 12.5 Å². The molecule has 0 amide bonds. The van der Waals surface area contributed by atoms with E-state index in [-0.39, 0.29) is 6.04 Å². The Labute approximate surface area is 164 Å². The summed E-state index contributed by atoms with van der Waals surface area (Å²) >= 11 is 0. The molecule has 28 heavy (non-hydrogen) atoms. The van der Waals surface area contributed by atoms with Crippen LogP contribution in [0.25, 0.3) is 0 Å². The number of ether oxygens (including phenoxy) is 5. The number of methoxy groups -OCH3 is 3. The summed E-state index contributed by atoms with van der Waals surface area (Å²) in [6.45, 7) is 1.38. The average molecular weight is 383 g/mol. The molecule has 0 unspecified atom stereocenters. The van der Waals surface area contributed by atoms with E-state index in [1.54, 1.807) is 21.3 Å². The summed E-state index contributed by atoms with van der Waals surface area (Å²) in [6.07, 6.45) is 3.48. The van der Waals surface area contributed by atoms with Crippen molar-refractivity contribution < 1.29 is 23.7 Å². The maximum absolute atomic E-state index is 5.68. The fourth-order valence-electron chi connectivity index (χ4n) is 4.91. The van der Waals surface area contributed by atoms with Crippen molar-refractivity contribution in [2.75, 3.05) is 34.7 Å². The van der Waals surface area contributed by atoms with E-state index in [1.165, 1.54) is 24.0 Å². The molecule has 0 aromatic heterocycles. The molecule has 3 aliphatic heterocycles. The van der Waals surface area contributed by atoms with Gasteiger partial charge in [-0.15, -0.1) is 0 Å². The monoisotopic (exact) mass is 383 g/mol. The molecule has 0 aliphatic carbocycles. The second-order valence-corrected chi connectivity index (χ2v) is 7.50. The standard InChI is InChI=1S/C22H25NO5/c1-24-19-9-14(10-20(25-2)22(19)26-3)21-16-11-18-17(27-12-28-18)8-13(16)7-15-5-4-6-23(15)21/h8-11,15,21H,4-7,12H2,1-3H3/t15-,21-/m0/s1. The van der Waals surface area contributed by atoms with E-state index in [0.29, 0.717) is 30.1 Å². The third-order valence-electron chi connectivity index (χ3n) is 6.14. The first-order valence-electron chi connectivity index (χ1n) is 9.71. The molecule has 2 atom stereocenters. The van der Waals surface area contributed by atoms with E-state index in [0.717, 1.165) is 30.0 Å². The van der Waals surface area contributed by atoms with Crippen LogP contribution in [0.5, 0.6) is 28.7 Å². The number of hydrogen-bond acceptors (Lipinski definition) is 6. The molecule has 3 heterocycles. The minimum Gasteiger partial charge on any atom is -0.493 e. The molecule has 6 heteroatoms. The highest BCUT2D eigenvalue weighted by Gasteiger charge is 2.39. The molecule has 0 N–H and O–H groups in total. The summed E-state index contributed by atoms with van der Waals surface area (Å²) in [4.78, 5) is 2.60. The van der Waals surface area contributed by atoms with Crippen LogP contribution in [-0.4, -0.2) is 45.6 Å². The van der Waals surface area contributed by atoms with E-state index in [9.17, 15) is 0 Å². The maximum atomic E-state index is 5.68. The number of fused-ring (bicyclic) bond motifs is 3. The zero-order chi connectivity index (χ0) is 19.3. The van der Waals surface area contributed by atoms with Gasteiger partial charge in [0, 0.05) is 6.04 Å². The maximum Gasteiger partial charge on any atom is 0.231 e. The van der Waals surface area contributed by atoms with Crippen LogP contribution in [0.3, 0.4) is 0 Å². The molecule has 1 fully saturated rings. The predicted molar refractivity (Wildman–Crippen MR) is 104 cm³/mol. The van der Waals surface area contributed by atoms with Crippen molar-refractivity contribution in [3.8, 4) is 28.7 Å². The molecule has 5 rings (SSSR count). The first kappa shape index (κ1) is 17.5. The average Bonchev–Trinajstić information content (AvgIpc) is 3.37. The number of hydrogen-bond donors (Lipinski definition) is 0. The first-order chi connectivity index (χ1) is 13.7. The van der Waals surface area contributed by atoms with E-state index >= 15 is 0 Å². The predicted octanol–water partition coefficient (Wildman–Crippen LogP) is 3.55. The Balaban J connectivity index is 1.68. The highest BCUT2D eigenvalue weighted by atomic mass is 16.7. The normalized spacial score (nSPS) is 22.5. The molecule has 2 aromatic carbocycles. The van der Waals surface area contributed by atoms with Crippen LogP contribution < -0.4 is 23.7 Å². The van der Waals surface area contributed by atoms with Gasteiger partial charge in [0.1, 0.15) is 0 Å². The van der Waals surface area contributed by atoms with Crippen LogP contribution in [0.1, 0.15) is 35.6 Å². The molecular weight excluding hydrogens is 358 g/mol. The van der Waals surface area contributed by atoms with Crippen LogP contribution in [0.4, 0.5) is 0 Å². The quantitative estimate of drug-likeness (QED) is 0.805. The summed E-state index contributed by atoms with van der Waals surface area (Å²) in [5.41, 5.74) is 3.75. The molecule has 148 valence electrons. The second kappa shape index (κ2) is 6.78. The van der Waals surface area contributed by atoms with Crippen LogP contribution in [0, 0.1) is 0 Å². The van der Waals surface area contributed by atoms with Gasteiger partial charge in [-0.25, -0.2) is 0 Å². The van der Waals surface area contributed by atoms with Crippen LogP contribution in [0.15, 0.2) is 24.3 Å². The van der Waals surface area contributed by atoms with Crippen molar-refractivity contribution in [2.24, 2.45) is 0 Å². The van der Waals surface area contributed by atoms with Gasteiger partial charge in [-0.05, 0) is 66.8 Å². The smallest absolute Gasteiger partial charge is 0.231 e. The van der Waals surface area contributed by atoms with Crippen molar-refractivity contribution in [1.29, 1.82) is 0 Å². The molecule has 6 nitrogen and oxygen atoms in total. The molecule has 3 aliphatic rings. The second-order valence-electron chi connectivity index (χ2n) is 7.50. The Bertz CT molecular complexity index is 887. The van der Waals surface area contributed by atoms with Crippen molar-refractivity contribution in [1.82, 2.24) is 4.90 Å². The van der Waals surface area contributed by atoms with Gasteiger partial charge in [-0.2, -0.15) is 0 Å². The van der Waals surface area contributed by atoms with Gasteiger partial charge in [0.15, 0.2) is 23.0 Å². The van der Waals surface area contributed by atoms with Gasteiger partial charge >= 0.3 is 0 Å². The Morgan fingerprint density at radius 1 is 0.929 bits per heavy atom.